The zero-order valence-corrected chi connectivity index (χ0v) is 10.8. The lowest BCUT2D eigenvalue weighted by atomic mass is 10.0. The molecule has 2 aromatic rings. The van der Waals surface area contributed by atoms with Crippen molar-refractivity contribution < 1.29 is 0 Å². The smallest absolute Gasteiger partial charge is 0.0559 e. The summed E-state index contributed by atoms with van der Waals surface area (Å²) in [4.78, 5) is 2.39. The minimum Gasteiger partial charge on any atom is -0.334 e. The normalized spacial score (nSPS) is 17.4. The molecule has 1 aliphatic carbocycles. The van der Waals surface area contributed by atoms with Crippen LogP contribution in [-0.4, -0.2) is 6.04 Å². The highest BCUT2D eigenvalue weighted by Crippen LogP contribution is 2.30. The van der Waals surface area contributed by atoms with E-state index in [4.69, 9.17) is 0 Å². The molecule has 0 heterocycles. The molecule has 0 N–H and O–H groups in total. The summed E-state index contributed by atoms with van der Waals surface area (Å²) in [7, 11) is 0. The third-order valence-corrected chi connectivity index (χ3v) is 3.36. The minimum absolute atomic E-state index is 0.384. The molecular formula is C18H17N. The summed E-state index contributed by atoms with van der Waals surface area (Å²) in [5, 5.41) is 0. The van der Waals surface area contributed by atoms with Crippen LogP contribution in [0, 0.1) is 0 Å². The van der Waals surface area contributed by atoms with Crippen LogP contribution in [0.4, 0.5) is 11.4 Å². The highest BCUT2D eigenvalue weighted by molar-refractivity contribution is 5.65. The van der Waals surface area contributed by atoms with Gasteiger partial charge in [0.1, 0.15) is 0 Å². The standard InChI is InChI=1S/C18H17N/c1-4-10-16(11-5-1)19(17-12-6-2-7-13-17)18-14-8-3-9-15-18/h1-14,18H,15H2. The lowest BCUT2D eigenvalue weighted by molar-refractivity contribution is 0.785. The molecule has 0 fully saturated rings. The zero-order chi connectivity index (χ0) is 12.9. The molecule has 0 radical (unpaired) electrons. The van der Waals surface area contributed by atoms with Crippen molar-refractivity contribution in [2.45, 2.75) is 12.5 Å². The van der Waals surface area contributed by atoms with Crippen LogP contribution in [0.3, 0.4) is 0 Å². The van der Waals surface area contributed by atoms with Crippen molar-refractivity contribution in [2.75, 3.05) is 4.90 Å². The number of benzene rings is 2. The van der Waals surface area contributed by atoms with E-state index in [2.05, 4.69) is 89.9 Å². The fourth-order valence-corrected chi connectivity index (χ4v) is 2.47. The lowest BCUT2D eigenvalue weighted by Gasteiger charge is -2.32. The molecule has 0 aliphatic heterocycles. The first kappa shape index (κ1) is 11.8. The number of nitrogens with zero attached hydrogens (tertiary/aromatic N) is 1. The molecule has 2 aromatic carbocycles. The molecule has 1 unspecified atom stereocenters. The number of para-hydroxylation sites is 2. The van der Waals surface area contributed by atoms with Crippen molar-refractivity contribution in [2.24, 2.45) is 0 Å². The first-order valence-corrected chi connectivity index (χ1v) is 6.68. The monoisotopic (exact) mass is 247 g/mol. The van der Waals surface area contributed by atoms with E-state index in [0.717, 1.165) is 6.42 Å². The molecule has 0 bridgehead atoms. The van der Waals surface area contributed by atoms with Gasteiger partial charge in [-0.1, -0.05) is 60.7 Å². The number of hydrogen-bond donors (Lipinski definition) is 0. The quantitative estimate of drug-likeness (QED) is 0.759. The predicted molar refractivity (Wildman–Crippen MR) is 81.7 cm³/mol. The summed E-state index contributed by atoms with van der Waals surface area (Å²) < 4.78 is 0. The van der Waals surface area contributed by atoms with Crippen LogP contribution in [0.5, 0.6) is 0 Å². The van der Waals surface area contributed by atoms with Crippen molar-refractivity contribution in [3.63, 3.8) is 0 Å². The molecule has 0 spiro atoms. The fraction of sp³-hybridized carbons (Fsp3) is 0.111. The number of anilines is 2. The fourth-order valence-electron chi connectivity index (χ4n) is 2.47. The van der Waals surface area contributed by atoms with Crippen LogP contribution in [0.25, 0.3) is 0 Å². The highest BCUT2D eigenvalue weighted by Gasteiger charge is 2.17. The lowest BCUT2D eigenvalue weighted by Crippen LogP contribution is -2.29. The van der Waals surface area contributed by atoms with E-state index in [1.54, 1.807) is 0 Å². The van der Waals surface area contributed by atoms with Gasteiger partial charge in [0.25, 0.3) is 0 Å². The number of rotatable bonds is 3. The van der Waals surface area contributed by atoms with Gasteiger partial charge in [0.15, 0.2) is 0 Å². The van der Waals surface area contributed by atoms with Crippen LogP contribution in [0.1, 0.15) is 6.42 Å². The van der Waals surface area contributed by atoms with Gasteiger partial charge in [-0.05, 0) is 30.7 Å². The summed E-state index contributed by atoms with van der Waals surface area (Å²) >= 11 is 0. The summed E-state index contributed by atoms with van der Waals surface area (Å²) in [5.74, 6) is 0. The van der Waals surface area contributed by atoms with Gasteiger partial charge in [0.05, 0.1) is 6.04 Å². The molecule has 0 saturated heterocycles. The Labute approximate surface area is 114 Å². The second-order valence-electron chi connectivity index (χ2n) is 4.66. The molecule has 0 amide bonds. The topological polar surface area (TPSA) is 3.24 Å². The van der Waals surface area contributed by atoms with Gasteiger partial charge in [-0.25, -0.2) is 0 Å². The second kappa shape index (κ2) is 5.57. The Morgan fingerprint density at radius 2 is 1.32 bits per heavy atom. The molecule has 0 saturated carbocycles. The van der Waals surface area contributed by atoms with Crippen LogP contribution < -0.4 is 4.90 Å². The van der Waals surface area contributed by atoms with E-state index in [1.165, 1.54) is 11.4 Å². The molecule has 1 aliphatic rings. The highest BCUT2D eigenvalue weighted by atomic mass is 15.2. The molecule has 1 nitrogen and oxygen atoms in total. The second-order valence-corrected chi connectivity index (χ2v) is 4.66. The largest absolute Gasteiger partial charge is 0.334 e. The maximum Gasteiger partial charge on any atom is 0.0559 e. The van der Waals surface area contributed by atoms with Crippen molar-refractivity contribution in [3.05, 3.63) is 85.0 Å². The average molecular weight is 247 g/mol. The zero-order valence-electron chi connectivity index (χ0n) is 10.8. The molecule has 1 atom stereocenters. The summed E-state index contributed by atoms with van der Waals surface area (Å²) in [6.07, 6.45) is 9.78. The maximum atomic E-state index is 2.39. The molecule has 19 heavy (non-hydrogen) atoms. The Bertz CT molecular complexity index is 530. The van der Waals surface area contributed by atoms with Crippen molar-refractivity contribution in [1.29, 1.82) is 0 Å². The minimum atomic E-state index is 0.384. The maximum absolute atomic E-state index is 2.39. The van der Waals surface area contributed by atoms with Gasteiger partial charge in [-0.15, -0.1) is 0 Å². The number of hydrogen-bond acceptors (Lipinski definition) is 1. The van der Waals surface area contributed by atoms with Gasteiger partial charge in [-0.3, -0.25) is 0 Å². The van der Waals surface area contributed by atoms with Crippen LogP contribution >= 0.6 is 0 Å². The molecule has 1 heteroatoms. The van der Waals surface area contributed by atoms with E-state index in [-0.39, 0.29) is 0 Å². The summed E-state index contributed by atoms with van der Waals surface area (Å²) in [6.45, 7) is 0. The van der Waals surface area contributed by atoms with Gasteiger partial charge < -0.3 is 4.90 Å². The van der Waals surface area contributed by atoms with Crippen LogP contribution in [-0.2, 0) is 0 Å². The Morgan fingerprint density at radius 1 is 0.737 bits per heavy atom. The van der Waals surface area contributed by atoms with Crippen molar-refractivity contribution in [1.82, 2.24) is 0 Å². The van der Waals surface area contributed by atoms with Gasteiger partial charge in [0, 0.05) is 11.4 Å². The molecule has 0 aromatic heterocycles. The van der Waals surface area contributed by atoms with Crippen molar-refractivity contribution in [3.8, 4) is 0 Å². The molecule has 3 rings (SSSR count). The van der Waals surface area contributed by atoms with E-state index in [1.807, 2.05) is 0 Å². The molecular weight excluding hydrogens is 230 g/mol. The first-order chi connectivity index (χ1) is 9.45. The average Bonchev–Trinajstić information content (AvgIpc) is 2.51. The summed E-state index contributed by atoms with van der Waals surface area (Å²) in [5.41, 5.74) is 2.47. The predicted octanol–water partition coefficient (Wildman–Crippen LogP) is 4.71. The van der Waals surface area contributed by atoms with E-state index in [9.17, 15) is 0 Å². The van der Waals surface area contributed by atoms with Gasteiger partial charge in [-0.2, -0.15) is 0 Å². The van der Waals surface area contributed by atoms with E-state index >= 15 is 0 Å². The molecule has 94 valence electrons. The Hall–Kier alpha value is -2.28. The third-order valence-electron chi connectivity index (χ3n) is 3.36. The van der Waals surface area contributed by atoms with Gasteiger partial charge in [0.2, 0.25) is 0 Å². The van der Waals surface area contributed by atoms with Gasteiger partial charge >= 0.3 is 0 Å². The number of allylic oxidation sites excluding steroid dienone is 2. The van der Waals surface area contributed by atoms with Crippen LogP contribution in [0.15, 0.2) is 85.0 Å². The Morgan fingerprint density at radius 3 is 1.79 bits per heavy atom. The van der Waals surface area contributed by atoms with Crippen LogP contribution in [0.2, 0.25) is 0 Å². The Kier molecular flexibility index (Phi) is 3.46. The third kappa shape index (κ3) is 2.60. The van der Waals surface area contributed by atoms with E-state index < -0.39 is 0 Å². The first-order valence-electron chi connectivity index (χ1n) is 6.68. The SMILES string of the molecule is C1=CCC(N(c2ccccc2)c2ccccc2)C=C1. The van der Waals surface area contributed by atoms with E-state index in [0.29, 0.717) is 6.04 Å². The summed E-state index contributed by atoms with van der Waals surface area (Å²) in [6, 6.07) is 21.5. The Balaban J connectivity index is 2.01. The van der Waals surface area contributed by atoms with Crippen molar-refractivity contribution >= 4 is 11.4 Å².